The Morgan fingerprint density at radius 2 is 1.94 bits per heavy atom. The van der Waals surface area contributed by atoms with Crippen LogP contribution in [0.2, 0.25) is 0 Å². The molecule has 98 valence electrons. The van der Waals surface area contributed by atoms with Crippen molar-refractivity contribution in [3.05, 3.63) is 0 Å². The summed E-state index contributed by atoms with van der Waals surface area (Å²) in [6.07, 6.45) is 5.87. The van der Waals surface area contributed by atoms with Crippen LogP contribution in [0.3, 0.4) is 0 Å². The van der Waals surface area contributed by atoms with Gasteiger partial charge in [-0.05, 0) is 19.3 Å². The molecule has 0 radical (unpaired) electrons. The molecule has 0 saturated carbocycles. The first kappa shape index (κ1) is 13.8. The van der Waals surface area contributed by atoms with Gasteiger partial charge in [0.1, 0.15) is 0 Å². The van der Waals surface area contributed by atoms with Gasteiger partial charge in [-0.1, -0.05) is 19.8 Å². The smallest absolute Gasteiger partial charge is 0.317 e. The minimum atomic E-state index is -0.0109. The van der Waals surface area contributed by atoms with E-state index in [9.17, 15) is 4.79 Å². The summed E-state index contributed by atoms with van der Waals surface area (Å²) in [5.74, 6) is 0.132. The second-order valence-corrected chi connectivity index (χ2v) is 4.69. The maximum absolute atomic E-state index is 12.0. The number of hydrogen-bond acceptors (Lipinski definition) is 2. The number of likely N-dealkylation sites (tertiary alicyclic amines) is 1. The first-order chi connectivity index (χ1) is 8.13. The molecule has 1 atom stereocenters. The molecule has 1 heterocycles. The summed E-state index contributed by atoms with van der Waals surface area (Å²) in [4.78, 5) is 13.9. The molecule has 1 aliphatic rings. The fraction of sp³-hybridized carbons (Fsp3) is 0.833. The monoisotopic (exact) mass is 240 g/mol. The Bertz CT molecular complexity index is 259. The minimum absolute atomic E-state index is 0.000000000000000444. The molecule has 1 rings (SSSR count). The average molecular weight is 240 g/mol. The van der Waals surface area contributed by atoms with E-state index in [0.29, 0.717) is 6.42 Å². The summed E-state index contributed by atoms with van der Waals surface area (Å²) in [5.41, 5.74) is 5.37. The Balaban J connectivity index is 2.42. The van der Waals surface area contributed by atoms with Crippen molar-refractivity contribution in [1.29, 1.82) is 5.41 Å². The van der Waals surface area contributed by atoms with E-state index < -0.39 is 0 Å². The normalized spacial score (nSPS) is 18.3. The number of rotatable bonds is 4. The fourth-order valence-electron chi connectivity index (χ4n) is 2.10. The molecule has 1 unspecified atom stereocenters. The second kappa shape index (κ2) is 7.14. The Kier molecular flexibility index (Phi) is 5.80. The summed E-state index contributed by atoms with van der Waals surface area (Å²) >= 11 is 0. The van der Waals surface area contributed by atoms with Crippen LogP contribution in [-0.4, -0.2) is 35.9 Å². The highest BCUT2D eigenvalue weighted by Crippen LogP contribution is 2.10. The van der Waals surface area contributed by atoms with Gasteiger partial charge in [-0.2, -0.15) is 0 Å². The number of amidine groups is 1. The zero-order valence-electron chi connectivity index (χ0n) is 10.7. The molecule has 5 nitrogen and oxygen atoms in total. The molecular formula is C12H24N4O. The van der Waals surface area contributed by atoms with Crippen LogP contribution in [0.1, 0.15) is 45.4 Å². The molecule has 17 heavy (non-hydrogen) atoms. The van der Waals surface area contributed by atoms with E-state index in [1.165, 1.54) is 12.8 Å². The van der Waals surface area contributed by atoms with Crippen LogP contribution in [0.15, 0.2) is 0 Å². The molecule has 1 aliphatic heterocycles. The zero-order chi connectivity index (χ0) is 12.7. The molecule has 2 amide bonds. The first-order valence-electron chi connectivity index (χ1n) is 6.51. The highest BCUT2D eigenvalue weighted by atomic mass is 16.2. The highest BCUT2D eigenvalue weighted by Gasteiger charge is 2.18. The molecule has 0 aromatic carbocycles. The number of hydrogen-bond donors (Lipinski definition) is 3. The van der Waals surface area contributed by atoms with E-state index in [-0.39, 0.29) is 17.9 Å². The molecule has 0 spiro atoms. The van der Waals surface area contributed by atoms with E-state index in [4.69, 9.17) is 11.1 Å². The van der Waals surface area contributed by atoms with Crippen LogP contribution in [-0.2, 0) is 0 Å². The van der Waals surface area contributed by atoms with Gasteiger partial charge < -0.3 is 16.0 Å². The lowest BCUT2D eigenvalue weighted by Gasteiger charge is -2.24. The van der Waals surface area contributed by atoms with Crippen molar-refractivity contribution in [2.24, 2.45) is 5.73 Å². The van der Waals surface area contributed by atoms with Gasteiger partial charge in [0.05, 0.1) is 5.84 Å². The van der Waals surface area contributed by atoms with Crippen LogP contribution in [0, 0.1) is 5.41 Å². The fourth-order valence-corrected chi connectivity index (χ4v) is 2.10. The maximum Gasteiger partial charge on any atom is 0.317 e. The van der Waals surface area contributed by atoms with E-state index >= 15 is 0 Å². The number of amides is 2. The van der Waals surface area contributed by atoms with Gasteiger partial charge in [0.15, 0.2) is 0 Å². The van der Waals surface area contributed by atoms with Crippen molar-refractivity contribution < 1.29 is 4.79 Å². The second-order valence-electron chi connectivity index (χ2n) is 4.69. The van der Waals surface area contributed by atoms with Crippen molar-refractivity contribution in [3.63, 3.8) is 0 Å². The van der Waals surface area contributed by atoms with Gasteiger partial charge in [-0.3, -0.25) is 5.41 Å². The third-order valence-electron chi connectivity index (χ3n) is 3.18. The summed E-state index contributed by atoms with van der Waals surface area (Å²) in [6.45, 7) is 3.70. The van der Waals surface area contributed by atoms with Gasteiger partial charge in [0.25, 0.3) is 0 Å². The number of carbonyl (C=O) groups is 1. The van der Waals surface area contributed by atoms with Crippen molar-refractivity contribution in [1.82, 2.24) is 10.2 Å². The predicted molar refractivity (Wildman–Crippen MR) is 69.2 cm³/mol. The number of carbonyl (C=O) groups excluding carboxylic acids is 1. The zero-order valence-corrected chi connectivity index (χ0v) is 10.7. The Morgan fingerprint density at radius 3 is 2.41 bits per heavy atom. The summed E-state index contributed by atoms with van der Waals surface area (Å²) in [6, 6.07) is -0.0109. The van der Waals surface area contributed by atoms with Crippen molar-refractivity contribution >= 4 is 11.9 Å². The number of nitrogens with two attached hydrogens (primary N) is 1. The molecule has 0 aromatic heterocycles. The van der Waals surface area contributed by atoms with Crippen molar-refractivity contribution in [2.75, 3.05) is 13.1 Å². The minimum Gasteiger partial charge on any atom is -0.388 e. The Labute approximate surface area is 103 Å². The highest BCUT2D eigenvalue weighted by molar-refractivity contribution is 5.79. The van der Waals surface area contributed by atoms with E-state index in [1.807, 2.05) is 11.8 Å². The topological polar surface area (TPSA) is 82.2 Å². The lowest BCUT2D eigenvalue weighted by Crippen LogP contribution is -2.46. The number of nitrogens with zero attached hydrogens (tertiary/aromatic N) is 1. The largest absolute Gasteiger partial charge is 0.388 e. The standard InChI is InChI=1S/C12H24N4O/c1-2-10(9-11(13)14)15-12(17)16-7-5-3-4-6-8-16/h10H,2-9H2,1H3,(H3,13,14)(H,15,17). The van der Waals surface area contributed by atoms with Gasteiger partial charge >= 0.3 is 6.03 Å². The number of nitrogens with one attached hydrogen (secondary N) is 2. The maximum atomic E-state index is 12.0. The molecule has 5 heteroatoms. The first-order valence-corrected chi connectivity index (χ1v) is 6.51. The molecule has 1 saturated heterocycles. The third kappa shape index (κ3) is 5.06. The van der Waals surface area contributed by atoms with Crippen molar-refractivity contribution in [3.8, 4) is 0 Å². The van der Waals surface area contributed by atoms with Crippen molar-refractivity contribution in [2.45, 2.75) is 51.5 Å². The predicted octanol–water partition coefficient (Wildman–Crippen LogP) is 1.68. The van der Waals surface area contributed by atoms with E-state index in [0.717, 1.165) is 32.4 Å². The summed E-state index contributed by atoms with van der Waals surface area (Å²) in [5, 5.41) is 10.2. The molecular weight excluding hydrogens is 216 g/mol. The van der Waals surface area contributed by atoms with Gasteiger partial charge in [-0.15, -0.1) is 0 Å². The van der Waals surface area contributed by atoms with Crippen LogP contribution >= 0.6 is 0 Å². The SMILES string of the molecule is CCC(CC(=N)N)NC(=O)N1CCCCCC1. The lowest BCUT2D eigenvalue weighted by molar-refractivity contribution is 0.195. The number of urea groups is 1. The van der Waals surface area contributed by atoms with Crippen LogP contribution in [0.5, 0.6) is 0 Å². The van der Waals surface area contributed by atoms with Gasteiger partial charge in [-0.25, -0.2) is 4.79 Å². The summed E-state index contributed by atoms with van der Waals surface area (Å²) in [7, 11) is 0. The molecule has 0 bridgehead atoms. The molecule has 4 N–H and O–H groups in total. The van der Waals surface area contributed by atoms with E-state index in [2.05, 4.69) is 5.32 Å². The Morgan fingerprint density at radius 1 is 1.35 bits per heavy atom. The average Bonchev–Trinajstić information content (AvgIpc) is 2.55. The van der Waals surface area contributed by atoms with E-state index in [1.54, 1.807) is 0 Å². The molecule has 1 fully saturated rings. The van der Waals surface area contributed by atoms with Crippen LogP contribution in [0.4, 0.5) is 4.79 Å². The Hall–Kier alpha value is -1.26. The summed E-state index contributed by atoms with van der Waals surface area (Å²) < 4.78 is 0. The molecule has 0 aliphatic carbocycles. The van der Waals surface area contributed by atoms with Crippen LogP contribution in [0.25, 0.3) is 0 Å². The quantitative estimate of drug-likeness (QED) is 0.516. The third-order valence-corrected chi connectivity index (χ3v) is 3.18. The lowest BCUT2D eigenvalue weighted by atomic mass is 10.1. The van der Waals surface area contributed by atoms with Gasteiger partial charge in [0.2, 0.25) is 0 Å². The van der Waals surface area contributed by atoms with Crippen LogP contribution < -0.4 is 11.1 Å². The van der Waals surface area contributed by atoms with Gasteiger partial charge in [0, 0.05) is 25.6 Å². The molecule has 0 aromatic rings.